The van der Waals surface area contributed by atoms with Gasteiger partial charge in [-0.15, -0.1) is 0 Å². The Balaban J connectivity index is 1.86. The summed E-state index contributed by atoms with van der Waals surface area (Å²) in [5.41, 5.74) is 1.84. The highest BCUT2D eigenvalue weighted by atomic mass is 35.5. The Hall–Kier alpha value is -3.64. The molecule has 1 unspecified atom stereocenters. The van der Waals surface area contributed by atoms with Crippen LogP contribution in [-0.2, 0) is 16.1 Å². The lowest BCUT2D eigenvalue weighted by atomic mass is 9.95. The van der Waals surface area contributed by atoms with Crippen LogP contribution in [-0.4, -0.2) is 33.8 Å². The molecule has 1 aromatic heterocycles. The predicted octanol–water partition coefficient (Wildman–Crippen LogP) is 4.37. The second kappa shape index (κ2) is 8.62. The van der Waals surface area contributed by atoms with Crippen molar-refractivity contribution in [2.75, 3.05) is 7.11 Å². The number of halogens is 1. The van der Waals surface area contributed by atoms with Crippen LogP contribution in [0.2, 0.25) is 5.02 Å². The number of methoxy groups -OCH3 is 1. The van der Waals surface area contributed by atoms with Gasteiger partial charge in [-0.3, -0.25) is 14.6 Å². The van der Waals surface area contributed by atoms with Gasteiger partial charge in [0.1, 0.15) is 11.5 Å². The average Bonchev–Trinajstić information content (AvgIpc) is 3.05. The van der Waals surface area contributed by atoms with Crippen LogP contribution < -0.4 is 4.74 Å². The molecule has 1 amide bonds. The van der Waals surface area contributed by atoms with Gasteiger partial charge in [-0.25, -0.2) is 0 Å². The van der Waals surface area contributed by atoms with Crippen LogP contribution in [0.3, 0.4) is 0 Å². The molecule has 1 fully saturated rings. The molecule has 6 nitrogen and oxygen atoms in total. The second-order valence-electron chi connectivity index (χ2n) is 7.07. The largest absolute Gasteiger partial charge is 0.507 e. The molecule has 0 saturated carbocycles. The molecule has 3 aromatic rings. The molecule has 7 heteroatoms. The van der Waals surface area contributed by atoms with Gasteiger partial charge in [-0.05, 0) is 41.5 Å². The van der Waals surface area contributed by atoms with Crippen LogP contribution in [0.1, 0.15) is 22.7 Å². The van der Waals surface area contributed by atoms with E-state index in [0.29, 0.717) is 21.9 Å². The number of carbonyl (C=O) groups is 2. The fourth-order valence-electron chi connectivity index (χ4n) is 3.65. The van der Waals surface area contributed by atoms with Crippen molar-refractivity contribution in [3.8, 4) is 5.75 Å². The molecular formula is C24H19ClN2O4. The number of amides is 1. The lowest BCUT2D eigenvalue weighted by Gasteiger charge is -2.25. The van der Waals surface area contributed by atoms with Gasteiger partial charge in [-0.2, -0.15) is 0 Å². The summed E-state index contributed by atoms with van der Waals surface area (Å²) in [6.07, 6.45) is 3.28. The van der Waals surface area contributed by atoms with Gasteiger partial charge in [0.2, 0.25) is 0 Å². The third-order valence-corrected chi connectivity index (χ3v) is 5.40. The number of ether oxygens (including phenoxy) is 1. The van der Waals surface area contributed by atoms with Crippen LogP contribution >= 0.6 is 11.6 Å². The number of aliphatic hydroxyl groups is 1. The van der Waals surface area contributed by atoms with Gasteiger partial charge in [0.15, 0.2) is 0 Å². The summed E-state index contributed by atoms with van der Waals surface area (Å²) in [5.74, 6) is -1.17. The Morgan fingerprint density at radius 1 is 1.13 bits per heavy atom. The number of rotatable bonds is 5. The van der Waals surface area contributed by atoms with Crippen molar-refractivity contribution < 1.29 is 19.4 Å². The van der Waals surface area contributed by atoms with Gasteiger partial charge in [-0.1, -0.05) is 41.9 Å². The molecule has 1 N–H and O–H groups in total. The summed E-state index contributed by atoms with van der Waals surface area (Å²) in [7, 11) is 1.51. The number of pyridine rings is 1. The molecule has 2 heterocycles. The number of benzene rings is 2. The minimum absolute atomic E-state index is 0.0180. The predicted molar refractivity (Wildman–Crippen MR) is 117 cm³/mol. The van der Waals surface area contributed by atoms with Crippen molar-refractivity contribution in [1.29, 1.82) is 0 Å². The molecule has 0 aliphatic carbocycles. The van der Waals surface area contributed by atoms with Crippen molar-refractivity contribution in [1.82, 2.24) is 9.88 Å². The number of carbonyl (C=O) groups excluding carboxylic acids is 2. The highest BCUT2D eigenvalue weighted by molar-refractivity contribution is 6.46. The maximum absolute atomic E-state index is 13.0. The molecule has 31 heavy (non-hydrogen) atoms. The Labute approximate surface area is 184 Å². The topological polar surface area (TPSA) is 79.7 Å². The summed E-state index contributed by atoms with van der Waals surface area (Å²) >= 11 is 6.04. The molecular weight excluding hydrogens is 416 g/mol. The zero-order valence-corrected chi connectivity index (χ0v) is 17.4. The van der Waals surface area contributed by atoms with Gasteiger partial charge in [0.25, 0.3) is 11.7 Å². The van der Waals surface area contributed by atoms with Crippen LogP contribution in [0.5, 0.6) is 5.75 Å². The first-order valence-electron chi connectivity index (χ1n) is 9.57. The summed E-state index contributed by atoms with van der Waals surface area (Å²) in [6.45, 7) is 0.167. The minimum atomic E-state index is -0.774. The third-order valence-electron chi connectivity index (χ3n) is 5.14. The number of ketones is 1. The first-order chi connectivity index (χ1) is 15.0. The van der Waals surface area contributed by atoms with E-state index in [1.807, 2.05) is 6.07 Å². The summed E-state index contributed by atoms with van der Waals surface area (Å²) in [5, 5.41) is 11.6. The normalized spacial score (nSPS) is 17.7. The van der Waals surface area contributed by atoms with E-state index in [1.165, 1.54) is 12.0 Å². The molecule has 2 aromatic carbocycles. The van der Waals surface area contributed by atoms with Gasteiger partial charge < -0.3 is 14.7 Å². The van der Waals surface area contributed by atoms with E-state index in [1.54, 1.807) is 67.0 Å². The standard InChI is InChI=1S/C24H19ClN2O4/c1-31-19-6-2-5-17(12-19)22(28)20-21(16-7-9-18(25)10-8-16)27(24(30)23(20)29)14-15-4-3-11-26-13-15/h2-13,21,28H,14H2,1H3/b22-20+. The highest BCUT2D eigenvalue weighted by Gasteiger charge is 2.46. The van der Waals surface area contributed by atoms with Crippen LogP contribution in [0.25, 0.3) is 5.76 Å². The fraction of sp³-hybridized carbons (Fsp3) is 0.125. The summed E-state index contributed by atoms with van der Waals surface area (Å²) in [4.78, 5) is 31.6. The molecule has 4 rings (SSSR count). The van der Waals surface area contributed by atoms with Crippen molar-refractivity contribution in [3.05, 3.63) is 100 Å². The molecule has 1 atom stereocenters. The zero-order chi connectivity index (χ0) is 22.0. The molecule has 1 saturated heterocycles. The van der Waals surface area contributed by atoms with Crippen LogP contribution in [0.15, 0.2) is 78.6 Å². The van der Waals surface area contributed by atoms with E-state index in [2.05, 4.69) is 4.98 Å². The van der Waals surface area contributed by atoms with E-state index in [9.17, 15) is 14.7 Å². The molecule has 0 radical (unpaired) electrons. The third kappa shape index (κ3) is 4.02. The van der Waals surface area contributed by atoms with Gasteiger partial charge in [0.05, 0.1) is 18.7 Å². The summed E-state index contributed by atoms with van der Waals surface area (Å²) in [6, 6.07) is 16.4. The Bertz CT molecular complexity index is 1160. The summed E-state index contributed by atoms with van der Waals surface area (Å²) < 4.78 is 5.22. The number of nitrogens with zero attached hydrogens (tertiary/aromatic N) is 2. The lowest BCUT2D eigenvalue weighted by molar-refractivity contribution is -0.140. The van der Waals surface area contributed by atoms with Gasteiger partial charge in [0, 0.05) is 29.5 Å². The Morgan fingerprint density at radius 3 is 2.58 bits per heavy atom. The highest BCUT2D eigenvalue weighted by Crippen LogP contribution is 2.40. The monoisotopic (exact) mass is 434 g/mol. The number of aromatic nitrogens is 1. The van der Waals surface area contributed by atoms with Crippen LogP contribution in [0, 0.1) is 0 Å². The van der Waals surface area contributed by atoms with E-state index < -0.39 is 17.7 Å². The zero-order valence-electron chi connectivity index (χ0n) is 16.7. The number of likely N-dealkylation sites (tertiary alicyclic amines) is 1. The average molecular weight is 435 g/mol. The second-order valence-corrected chi connectivity index (χ2v) is 7.51. The van der Waals surface area contributed by atoms with E-state index in [4.69, 9.17) is 16.3 Å². The number of Topliss-reactive ketones (excluding diaryl/α,β-unsaturated/α-hetero) is 1. The Morgan fingerprint density at radius 2 is 1.90 bits per heavy atom. The molecule has 156 valence electrons. The maximum atomic E-state index is 13.0. The first kappa shape index (κ1) is 20.6. The van der Waals surface area contributed by atoms with Crippen molar-refractivity contribution in [2.45, 2.75) is 12.6 Å². The number of hydrogen-bond acceptors (Lipinski definition) is 5. The van der Waals surface area contributed by atoms with Crippen LogP contribution in [0.4, 0.5) is 0 Å². The fourth-order valence-corrected chi connectivity index (χ4v) is 3.77. The first-order valence-corrected chi connectivity index (χ1v) is 9.94. The molecule has 1 aliphatic rings. The lowest BCUT2D eigenvalue weighted by Crippen LogP contribution is -2.29. The quantitative estimate of drug-likeness (QED) is 0.366. The maximum Gasteiger partial charge on any atom is 0.295 e. The van der Waals surface area contributed by atoms with E-state index in [-0.39, 0.29) is 17.9 Å². The number of aliphatic hydroxyl groups excluding tert-OH is 1. The minimum Gasteiger partial charge on any atom is -0.507 e. The van der Waals surface area contributed by atoms with E-state index >= 15 is 0 Å². The SMILES string of the molecule is COc1cccc(/C(O)=C2\C(=O)C(=O)N(Cc3cccnc3)C2c2ccc(Cl)cc2)c1. The molecule has 0 bridgehead atoms. The van der Waals surface area contributed by atoms with Gasteiger partial charge >= 0.3 is 0 Å². The van der Waals surface area contributed by atoms with Crippen molar-refractivity contribution in [3.63, 3.8) is 0 Å². The van der Waals surface area contributed by atoms with E-state index in [0.717, 1.165) is 5.56 Å². The Kier molecular flexibility index (Phi) is 5.73. The number of hydrogen-bond donors (Lipinski definition) is 1. The van der Waals surface area contributed by atoms with Crippen molar-refractivity contribution in [2.24, 2.45) is 0 Å². The molecule has 1 aliphatic heterocycles. The molecule has 0 spiro atoms. The van der Waals surface area contributed by atoms with Crippen molar-refractivity contribution >= 4 is 29.1 Å². The smallest absolute Gasteiger partial charge is 0.295 e.